The van der Waals surface area contributed by atoms with E-state index in [4.69, 9.17) is 9.47 Å². The highest BCUT2D eigenvalue weighted by Crippen LogP contribution is 2.70. The van der Waals surface area contributed by atoms with Gasteiger partial charge in [-0.15, -0.1) is 0 Å². The number of hydrogen-bond acceptors (Lipinski definition) is 2. The Hall–Kier alpha value is -0.340. The molecule has 0 unspecified atom stereocenters. The third-order valence-electron chi connectivity index (χ3n) is 3.54. The molecule has 2 aliphatic heterocycles. The molecule has 1 aliphatic carbocycles. The molecule has 14 heavy (non-hydrogen) atoms. The maximum Gasteiger partial charge on any atom is 0.249 e. The van der Waals surface area contributed by atoms with Gasteiger partial charge < -0.3 is 9.47 Å². The van der Waals surface area contributed by atoms with E-state index in [1.165, 1.54) is 44.9 Å². The molecule has 0 aromatic rings. The van der Waals surface area contributed by atoms with Crippen molar-refractivity contribution in [3.8, 4) is 0 Å². The van der Waals surface area contributed by atoms with Crippen LogP contribution in [-0.2, 0) is 9.47 Å². The summed E-state index contributed by atoms with van der Waals surface area (Å²) in [4.78, 5) is 0. The lowest BCUT2D eigenvalue weighted by molar-refractivity contribution is -0.0815. The van der Waals surface area contributed by atoms with Crippen LogP contribution in [0.5, 0.6) is 0 Å². The zero-order valence-electron chi connectivity index (χ0n) is 8.63. The fraction of sp³-hybridized carbons (Fsp3) is 0.833. The quantitative estimate of drug-likeness (QED) is 0.437. The molecule has 0 N–H and O–H groups in total. The van der Waals surface area contributed by atoms with Crippen LogP contribution in [0.15, 0.2) is 12.2 Å². The van der Waals surface area contributed by atoms with Crippen molar-refractivity contribution < 1.29 is 9.47 Å². The minimum absolute atomic E-state index is 0.150. The molecule has 0 radical (unpaired) electrons. The summed E-state index contributed by atoms with van der Waals surface area (Å²) in [5.41, 5.74) is 0. The lowest BCUT2D eigenvalue weighted by atomic mass is 10.0. The van der Waals surface area contributed by atoms with E-state index in [0.29, 0.717) is 0 Å². The predicted octanol–water partition coefficient (Wildman–Crippen LogP) is 3.13. The molecule has 3 rings (SSSR count). The highest BCUT2D eigenvalue weighted by atomic mass is 17.0. The summed E-state index contributed by atoms with van der Waals surface area (Å²) in [6.07, 6.45) is 14.7. The summed E-state index contributed by atoms with van der Waals surface area (Å²) in [7, 11) is 0. The Morgan fingerprint density at radius 2 is 1.57 bits per heavy atom. The normalized spacial score (nSPS) is 49.1. The van der Waals surface area contributed by atoms with Crippen molar-refractivity contribution in [1.29, 1.82) is 0 Å². The molecule has 0 aromatic carbocycles. The molecule has 2 saturated heterocycles. The third-order valence-corrected chi connectivity index (χ3v) is 3.54. The van der Waals surface area contributed by atoms with E-state index in [2.05, 4.69) is 12.2 Å². The standard InChI is InChI=1S/C12H18O2/c1-2-4-6-8-10-12-11(13-12,14-12)9-7-5-3-1/h7,9H,1-6,8,10H2/b9-7+. The van der Waals surface area contributed by atoms with Gasteiger partial charge in [-0.2, -0.15) is 0 Å². The lowest BCUT2D eigenvalue weighted by Crippen LogP contribution is -1.97. The summed E-state index contributed by atoms with van der Waals surface area (Å²) >= 11 is 0. The van der Waals surface area contributed by atoms with Crippen LogP contribution >= 0.6 is 0 Å². The molecule has 0 spiro atoms. The molecule has 2 nitrogen and oxygen atoms in total. The number of ether oxygens (including phenoxy) is 2. The summed E-state index contributed by atoms with van der Waals surface area (Å²) < 4.78 is 11.2. The van der Waals surface area contributed by atoms with Gasteiger partial charge in [-0.3, -0.25) is 0 Å². The van der Waals surface area contributed by atoms with Gasteiger partial charge in [0, 0.05) is 6.42 Å². The first-order valence-electron chi connectivity index (χ1n) is 5.95. The van der Waals surface area contributed by atoms with E-state index < -0.39 is 0 Å². The molecule has 3 aliphatic rings. The van der Waals surface area contributed by atoms with Gasteiger partial charge in [-0.05, 0) is 25.3 Å². The van der Waals surface area contributed by atoms with E-state index in [9.17, 15) is 0 Å². The monoisotopic (exact) mass is 194 g/mol. The number of hydrogen-bond donors (Lipinski definition) is 0. The van der Waals surface area contributed by atoms with Crippen LogP contribution in [0.4, 0.5) is 0 Å². The van der Waals surface area contributed by atoms with Gasteiger partial charge in [0.15, 0.2) is 0 Å². The summed E-state index contributed by atoms with van der Waals surface area (Å²) in [5, 5.41) is 0. The SMILES string of the molecule is C1=C/C23OC2(CCCCCCCC/1)O3. The van der Waals surface area contributed by atoms with E-state index >= 15 is 0 Å². The van der Waals surface area contributed by atoms with Crippen molar-refractivity contribution in [1.82, 2.24) is 0 Å². The van der Waals surface area contributed by atoms with Crippen molar-refractivity contribution in [2.45, 2.75) is 62.9 Å². The fourth-order valence-corrected chi connectivity index (χ4v) is 2.48. The van der Waals surface area contributed by atoms with Crippen LogP contribution in [-0.4, -0.2) is 11.6 Å². The Kier molecular flexibility index (Phi) is 1.96. The van der Waals surface area contributed by atoms with Crippen LogP contribution in [0, 0.1) is 0 Å². The summed E-state index contributed by atoms with van der Waals surface area (Å²) in [6, 6.07) is 0. The molecule has 0 amide bonds. The van der Waals surface area contributed by atoms with E-state index in [-0.39, 0.29) is 11.6 Å². The van der Waals surface area contributed by atoms with Crippen molar-refractivity contribution in [2.75, 3.05) is 0 Å². The van der Waals surface area contributed by atoms with Crippen molar-refractivity contribution in [3.63, 3.8) is 0 Å². The second kappa shape index (κ2) is 3.07. The van der Waals surface area contributed by atoms with Gasteiger partial charge >= 0.3 is 0 Å². The fourth-order valence-electron chi connectivity index (χ4n) is 2.48. The Morgan fingerprint density at radius 3 is 2.43 bits per heavy atom. The van der Waals surface area contributed by atoms with Crippen molar-refractivity contribution >= 4 is 0 Å². The summed E-state index contributed by atoms with van der Waals surface area (Å²) in [6.45, 7) is 0. The summed E-state index contributed by atoms with van der Waals surface area (Å²) in [5.74, 6) is -0.394. The highest BCUT2D eigenvalue weighted by Gasteiger charge is 2.89. The van der Waals surface area contributed by atoms with Crippen LogP contribution in [0.3, 0.4) is 0 Å². The molecule has 2 heteroatoms. The molecule has 2 heterocycles. The maximum atomic E-state index is 5.59. The molecular weight excluding hydrogens is 176 g/mol. The minimum Gasteiger partial charge on any atom is -0.303 e. The van der Waals surface area contributed by atoms with Crippen LogP contribution in [0.2, 0.25) is 0 Å². The Bertz CT molecular complexity index is 251. The molecule has 0 aromatic heterocycles. The van der Waals surface area contributed by atoms with Crippen molar-refractivity contribution in [2.24, 2.45) is 0 Å². The molecule has 0 saturated carbocycles. The number of rotatable bonds is 0. The average molecular weight is 194 g/mol. The maximum absolute atomic E-state index is 5.59. The predicted molar refractivity (Wildman–Crippen MR) is 53.7 cm³/mol. The van der Waals surface area contributed by atoms with Crippen LogP contribution < -0.4 is 0 Å². The van der Waals surface area contributed by atoms with Crippen molar-refractivity contribution in [3.05, 3.63) is 12.2 Å². The van der Waals surface area contributed by atoms with Gasteiger partial charge in [0.2, 0.25) is 11.6 Å². The largest absolute Gasteiger partial charge is 0.303 e. The highest BCUT2D eigenvalue weighted by molar-refractivity contribution is 5.27. The smallest absolute Gasteiger partial charge is 0.249 e. The van der Waals surface area contributed by atoms with Gasteiger partial charge in [0.05, 0.1) is 0 Å². The van der Waals surface area contributed by atoms with Crippen LogP contribution in [0.1, 0.15) is 51.4 Å². The molecule has 2 fully saturated rings. The first-order valence-corrected chi connectivity index (χ1v) is 5.95. The lowest BCUT2D eigenvalue weighted by Gasteiger charge is -2.01. The Morgan fingerprint density at radius 1 is 0.857 bits per heavy atom. The second-order valence-corrected chi connectivity index (χ2v) is 4.69. The van der Waals surface area contributed by atoms with Gasteiger partial charge in [-0.1, -0.05) is 31.8 Å². The first kappa shape index (κ1) is 8.93. The average Bonchev–Trinajstić information content (AvgIpc) is 2.90. The molecular formula is C12H18O2. The van der Waals surface area contributed by atoms with Crippen LogP contribution in [0.25, 0.3) is 0 Å². The zero-order chi connectivity index (χ0) is 9.49. The Labute approximate surface area is 85.3 Å². The minimum atomic E-state index is -0.244. The number of allylic oxidation sites excluding steroid dienone is 1. The second-order valence-electron chi connectivity index (χ2n) is 4.69. The molecule has 0 bridgehead atoms. The van der Waals surface area contributed by atoms with Gasteiger partial charge in [0.25, 0.3) is 0 Å². The molecule has 78 valence electrons. The zero-order valence-corrected chi connectivity index (χ0v) is 8.63. The first-order chi connectivity index (χ1) is 6.87. The van der Waals surface area contributed by atoms with E-state index in [1.54, 1.807) is 0 Å². The number of epoxide rings is 2. The van der Waals surface area contributed by atoms with Gasteiger partial charge in [0.1, 0.15) is 0 Å². The third kappa shape index (κ3) is 1.32. The topological polar surface area (TPSA) is 25.1 Å². The molecule has 0 atom stereocenters. The van der Waals surface area contributed by atoms with Gasteiger partial charge in [-0.25, -0.2) is 0 Å². The Balaban J connectivity index is 1.60. The van der Waals surface area contributed by atoms with E-state index in [0.717, 1.165) is 6.42 Å². The van der Waals surface area contributed by atoms with E-state index in [1.807, 2.05) is 0 Å².